The van der Waals surface area contributed by atoms with E-state index >= 15 is 0 Å². The van der Waals surface area contributed by atoms with Crippen molar-refractivity contribution >= 4 is 22.0 Å². The summed E-state index contributed by atoms with van der Waals surface area (Å²) in [6.45, 7) is 19.7. The summed E-state index contributed by atoms with van der Waals surface area (Å²) in [5, 5.41) is 12.3. The number of aryl methyl sites for hydroxylation is 4. The van der Waals surface area contributed by atoms with Crippen molar-refractivity contribution < 1.29 is 9.52 Å². The van der Waals surface area contributed by atoms with E-state index in [-0.39, 0.29) is 16.6 Å². The van der Waals surface area contributed by atoms with Gasteiger partial charge in [-0.2, -0.15) is 0 Å². The molecule has 6 aromatic carbocycles. The molecule has 2 heterocycles. The van der Waals surface area contributed by atoms with Crippen LogP contribution in [0.1, 0.15) is 73.6 Å². The lowest BCUT2D eigenvalue weighted by Gasteiger charge is -2.27. The van der Waals surface area contributed by atoms with Crippen LogP contribution in [0.25, 0.3) is 66.8 Å². The van der Waals surface area contributed by atoms with Crippen molar-refractivity contribution in [3.8, 4) is 50.6 Å². The van der Waals surface area contributed by atoms with E-state index in [1.54, 1.807) is 6.07 Å². The Bertz CT molecular complexity index is 2740. The number of fused-ring (bicyclic) bond motifs is 2. The van der Waals surface area contributed by atoms with Crippen LogP contribution in [0, 0.1) is 27.7 Å². The number of pyridine rings is 1. The Hall–Kier alpha value is -6.00. The van der Waals surface area contributed by atoms with Gasteiger partial charge < -0.3 is 9.52 Å². The first-order valence-corrected chi connectivity index (χ1v) is 19.1. The zero-order chi connectivity index (χ0) is 38.8. The van der Waals surface area contributed by atoms with Gasteiger partial charge in [-0.1, -0.05) is 119 Å². The maximum absolute atomic E-state index is 11.1. The minimum absolute atomic E-state index is 0.111. The molecule has 0 aliphatic heterocycles. The van der Waals surface area contributed by atoms with E-state index in [1.807, 2.05) is 18.3 Å². The molecule has 4 heteroatoms. The molecule has 8 rings (SSSR count). The maximum atomic E-state index is 11.1. The van der Waals surface area contributed by atoms with E-state index in [1.165, 1.54) is 33.4 Å². The van der Waals surface area contributed by atoms with Gasteiger partial charge in [-0.25, -0.2) is 4.98 Å². The smallest absolute Gasteiger partial charge is 0.231 e. The van der Waals surface area contributed by atoms with Crippen LogP contribution in [0.4, 0.5) is 0 Å². The van der Waals surface area contributed by atoms with Crippen LogP contribution in [-0.2, 0) is 10.8 Å². The van der Waals surface area contributed by atoms with Crippen molar-refractivity contribution in [1.29, 1.82) is 0 Å². The Labute approximate surface area is 324 Å². The summed E-state index contributed by atoms with van der Waals surface area (Å²) in [7, 11) is 0. The average Bonchev–Trinajstić information content (AvgIpc) is 3.57. The fourth-order valence-electron chi connectivity index (χ4n) is 8.38. The predicted octanol–water partition coefficient (Wildman–Crippen LogP) is 13.6. The van der Waals surface area contributed by atoms with Gasteiger partial charge in [-0.3, -0.25) is 4.98 Å². The van der Waals surface area contributed by atoms with Crippen LogP contribution in [0.3, 0.4) is 0 Å². The van der Waals surface area contributed by atoms with Gasteiger partial charge in [0.2, 0.25) is 5.89 Å². The van der Waals surface area contributed by atoms with Gasteiger partial charge in [0, 0.05) is 28.1 Å². The Morgan fingerprint density at radius 3 is 1.96 bits per heavy atom. The highest BCUT2D eigenvalue weighted by Gasteiger charge is 2.26. The number of phenols is 1. The molecule has 0 aliphatic rings. The summed E-state index contributed by atoms with van der Waals surface area (Å²) in [5.74, 6) is 0.539. The Morgan fingerprint density at radius 2 is 1.25 bits per heavy atom. The van der Waals surface area contributed by atoms with Gasteiger partial charge in [-0.05, 0) is 125 Å². The second kappa shape index (κ2) is 13.4. The fourth-order valence-corrected chi connectivity index (χ4v) is 8.38. The highest BCUT2D eigenvalue weighted by Crippen LogP contribution is 2.43. The summed E-state index contributed by atoms with van der Waals surface area (Å²) >= 11 is 0. The molecule has 0 aliphatic carbocycles. The van der Waals surface area contributed by atoms with Crippen molar-refractivity contribution in [2.24, 2.45) is 0 Å². The van der Waals surface area contributed by atoms with Crippen LogP contribution >= 0.6 is 0 Å². The van der Waals surface area contributed by atoms with E-state index < -0.39 is 0 Å². The topological polar surface area (TPSA) is 59.2 Å². The minimum atomic E-state index is -0.220. The summed E-state index contributed by atoms with van der Waals surface area (Å²) in [4.78, 5) is 10.2. The number of aromatic hydroxyl groups is 1. The lowest BCUT2D eigenvalue weighted by molar-refractivity contribution is 0.473. The molecule has 55 heavy (non-hydrogen) atoms. The zero-order valence-electron chi connectivity index (χ0n) is 33.3. The van der Waals surface area contributed by atoms with E-state index in [0.717, 1.165) is 55.4 Å². The number of oxazole rings is 1. The monoisotopic (exact) mass is 720 g/mol. The summed E-state index contributed by atoms with van der Waals surface area (Å²) in [5.41, 5.74) is 17.5. The highest BCUT2D eigenvalue weighted by molar-refractivity contribution is 6.00. The molecule has 0 amide bonds. The van der Waals surface area contributed by atoms with Gasteiger partial charge in [0.25, 0.3) is 0 Å². The van der Waals surface area contributed by atoms with Crippen molar-refractivity contribution in [2.75, 3.05) is 0 Å². The van der Waals surface area contributed by atoms with E-state index in [4.69, 9.17) is 14.4 Å². The number of hydrogen-bond donors (Lipinski definition) is 1. The van der Waals surface area contributed by atoms with Crippen LogP contribution in [-0.4, -0.2) is 15.1 Å². The van der Waals surface area contributed by atoms with Gasteiger partial charge in [-0.15, -0.1) is 0 Å². The molecule has 274 valence electrons. The Balaban J connectivity index is 1.35. The standard InChI is InChI=1S/C51H48N2O2/c1-30-22-32(3)46(33(4)23-30)36-27-41(48-45(28-36)55-49(53-48)42-29-38(50(5,6)7)18-19-44(42)54)35-25-31(2)24-34(26-35)39-16-13-17-40-43(20-21-52-47(39)40)51(8,9)37-14-11-10-12-15-37/h10-29,54H,1-9H3. The molecule has 1 N–H and O–H groups in total. The molecule has 8 aromatic rings. The third kappa shape index (κ3) is 6.50. The number of para-hydroxylation sites is 1. The first-order chi connectivity index (χ1) is 26.2. The van der Waals surface area contributed by atoms with Crippen molar-refractivity contribution in [1.82, 2.24) is 9.97 Å². The van der Waals surface area contributed by atoms with E-state index in [0.29, 0.717) is 17.0 Å². The largest absolute Gasteiger partial charge is 0.507 e. The van der Waals surface area contributed by atoms with Crippen molar-refractivity contribution in [3.05, 3.63) is 160 Å². The molecule has 0 unspecified atom stereocenters. The summed E-state index contributed by atoms with van der Waals surface area (Å²) in [6.07, 6.45) is 1.95. The second-order valence-electron chi connectivity index (χ2n) is 16.8. The number of rotatable bonds is 6. The normalized spacial score (nSPS) is 12.2. The van der Waals surface area contributed by atoms with Crippen molar-refractivity contribution in [3.63, 3.8) is 0 Å². The molecule has 2 aromatic heterocycles. The molecule has 0 radical (unpaired) electrons. The SMILES string of the molecule is Cc1cc(-c2cc(-c3c(C)cc(C)cc3C)cc3oc(-c4cc(C(C)(C)C)ccc4O)nc23)cc(-c2cccc3c(C(C)(C)c4ccccc4)ccnc23)c1. The first kappa shape index (κ1) is 36.0. The minimum Gasteiger partial charge on any atom is -0.507 e. The van der Waals surface area contributed by atoms with Gasteiger partial charge >= 0.3 is 0 Å². The third-order valence-electron chi connectivity index (χ3n) is 11.2. The highest BCUT2D eigenvalue weighted by atomic mass is 16.3. The Kier molecular flexibility index (Phi) is 8.76. The number of benzene rings is 6. The second-order valence-corrected chi connectivity index (χ2v) is 16.8. The van der Waals surface area contributed by atoms with E-state index in [9.17, 15) is 5.11 Å². The predicted molar refractivity (Wildman–Crippen MR) is 229 cm³/mol. The summed E-state index contributed by atoms with van der Waals surface area (Å²) < 4.78 is 6.63. The van der Waals surface area contributed by atoms with E-state index in [2.05, 4.69) is 159 Å². The molecule has 0 saturated carbocycles. The molecule has 0 saturated heterocycles. The first-order valence-electron chi connectivity index (χ1n) is 19.1. The van der Waals surface area contributed by atoms with Gasteiger partial charge in [0.15, 0.2) is 5.58 Å². The molecule has 0 fully saturated rings. The number of hydrogen-bond acceptors (Lipinski definition) is 4. The number of nitrogens with zero attached hydrogens (tertiary/aromatic N) is 2. The Morgan fingerprint density at radius 1 is 0.564 bits per heavy atom. The third-order valence-corrected chi connectivity index (χ3v) is 11.2. The molecular formula is C51H48N2O2. The van der Waals surface area contributed by atoms with Crippen LogP contribution < -0.4 is 0 Å². The average molecular weight is 721 g/mol. The number of phenolic OH excluding ortho intramolecular Hbond substituents is 1. The van der Waals surface area contributed by atoms with Crippen LogP contribution in [0.2, 0.25) is 0 Å². The maximum Gasteiger partial charge on any atom is 0.231 e. The van der Waals surface area contributed by atoms with Gasteiger partial charge in [0.1, 0.15) is 11.3 Å². The molecular weight excluding hydrogens is 673 g/mol. The number of aromatic nitrogens is 2. The van der Waals surface area contributed by atoms with Crippen LogP contribution in [0.15, 0.2) is 126 Å². The quantitative estimate of drug-likeness (QED) is 0.186. The fraction of sp³-hybridized carbons (Fsp3) is 0.216. The van der Waals surface area contributed by atoms with Crippen LogP contribution in [0.5, 0.6) is 5.75 Å². The lowest BCUT2D eigenvalue weighted by Crippen LogP contribution is -2.19. The van der Waals surface area contributed by atoms with Gasteiger partial charge in [0.05, 0.1) is 11.1 Å². The summed E-state index contributed by atoms with van der Waals surface area (Å²) in [6, 6.07) is 40.7. The zero-order valence-corrected chi connectivity index (χ0v) is 33.3. The lowest BCUT2D eigenvalue weighted by atomic mass is 9.76. The van der Waals surface area contributed by atoms with Crippen molar-refractivity contribution in [2.45, 2.75) is 73.1 Å². The molecule has 4 nitrogen and oxygen atoms in total. The molecule has 0 spiro atoms. The molecule has 0 atom stereocenters. The molecule has 0 bridgehead atoms.